The maximum Gasteiger partial charge on any atom is 0.204 e. The third-order valence-electron chi connectivity index (χ3n) is 4.93. The van der Waals surface area contributed by atoms with Gasteiger partial charge < -0.3 is 14.6 Å². The first-order valence-corrected chi connectivity index (χ1v) is 10.5. The van der Waals surface area contributed by atoms with Gasteiger partial charge in [-0.1, -0.05) is 13.3 Å². The summed E-state index contributed by atoms with van der Waals surface area (Å²) >= 11 is 0. The van der Waals surface area contributed by atoms with E-state index >= 15 is 0 Å². The molecule has 8 nitrogen and oxygen atoms in total. The highest BCUT2D eigenvalue weighted by Crippen LogP contribution is 2.33. The lowest BCUT2D eigenvalue weighted by Crippen LogP contribution is -2.13. The second-order valence-corrected chi connectivity index (χ2v) is 7.42. The minimum absolute atomic E-state index is 0.0169. The summed E-state index contributed by atoms with van der Waals surface area (Å²) in [4.78, 5) is 11.7. The molecule has 31 heavy (non-hydrogen) atoms. The second kappa shape index (κ2) is 10.6. The first-order chi connectivity index (χ1) is 15.0. The van der Waals surface area contributed by atoms with E-state index in [1.165, 1.54) is 6.92 Å². The summed E-state index contributed by atoms with van der Waals surface area (Å²) in [5.41, 5.74) is 1.90. The summed E-state index contributed by atoms with van der Waals surface area (Å²) in [6.45, 7) is 5.99. The molecule has 0 amide bonds. The van der Waals surface area contributed by atoms with E-state index in [4.69, 9.17) is 9.47 Å². The van der Waals surface area contributed by atoms with Crippen LogP contribution < -0.4 is 9.47 Å². The Kier molecular flexibility index (Phi) is 7.59. The number of aromatic amines is 1. The van der Waals surface area contributed by atoms with Gasteiger partial charge in [0.25, 0.3) is 0 Å². The highest BCUT2D eigenvalue weighted by Gasteiger charge is 2.16. The molecule has 8 heteroatoms. The molecule has 2 N–H and O–H groups in total. The Labute approximate surface area is 181 Å². The van der Waals surface area contributed by atoms with Gasteiger partial charge >= 0.3 is 0 Å². The third kappa shape index (κ3) is 5.81. The van der Waals surface area contributed by atoms with Crippen LogP contribution in [-0.2, 0) is 6.42 Å². The molecule has 0 fully saturated rings. The second-order valence-electron chi connectivity index (χ2n) is 7.42. The summed E-state index contributed by atoms with van der Waals surface area (Å²) in [5.74, 6) is 1.83. The molecule has 1 atom stereocenters. The minimum Gasteiger partial charge on any atom is -0.507 e. The molecular formula is C23H28N4O4. The highest BCUT2D eigenvalue weighted by molar-refractivity contribution is 5.97. The molecule has 0 saturated carbocycles. The fourth-order valence-corrected chi connectivity index (χ4v) is 3.34. The number of phenolic OH excluding ortho intramolecular Hbond substituents is 1. The number of hydrogen-bond donors (Lipinski definition) is 2. The number of ether oxygens (including phenoxy) is 2. The molecule has 1 heterocycles. The first kappa shape index (κ1) is 22.3. The van der Waals surface area contributed by atoms with Crippen LogP contribution in [0, 0.1) is 0 Å². The lowest BCUT2D eigenvalue weighted by molar-refractivity contribution is 0.101. The fourth-order valence-electron chi connectivity index (χ4n) is 3.34. The van der Waals surface area contributed by atoms with Gasteiger partial charge in [-0.25, -0.2) is 0 Å². The number of hydrogen-bond acceptors (Lipinski definition) is 7. The van der Waals surface area contributed by atoms with Crippen molar-refractivity contribution in [2.24, 2.45) is 0 Å². The van der Waals surface area contributed by atoms with Crippen molar-refractivity contribution >= 4 is 5.78 Å². The lowest BCUT2D eigenvalue weighted by atomic mass is 10.0. The largest absolute Gasteiger partial charge is 0.507 e. The van der Waals surface area contributed by atoms with Crippen LogP contribution in [0.2, 0.25) is 0 Å². The van der Waals surface area contributed by atoms with Gasteiger partial charge in [-0.05, 0) is 74.7 Å². The van der Waals surface area contributed by atoms with E-state index in [1.807, 2.05) is 38.1 Å². The van der Waals surface area contributed by atoms with Crippen LogP contribution in [0.25, 0.3) is 11.4 Å². The predicted octanol–water partition coefficient (Wildman–Crippen LogP) is 4.35. The number of phenols is 1. The smallest absolute Gasteiger partial charge is 0.204 e. The Morgan fingerprint density at radius 1 is 1.19 bits per heavy atom. The van der Waals surface area contributed by atoms with Crippen molar-refractivity contribution in [3.63, 3.8) is 0 Å². The molecule has 0 saturated heterocycles. The number of nitrogens with one attached hydrogen (secondary N) is 1. The molecular weight excluding hydrogens is 396 g/mol. The van der Waals surface area contributed by atoms with Crippen LogP contribution in [0.5, 0.6) is 17.2 Å². The standard InChI is InChI=1S/C23H28N4O4/c1-4-6-20-21(13-12-19(16(3)28)22(20)29)30-14-5-7-15(2)31-18-10-8-17(9-11-18)23-24-26-27-25-23/h8-13,15,29H,4-7,14H2,1-3H3,(H,24,25,26,27). The summed E-state index contributed by atoms with van der Waals surface area (Å²) in [5, 5.41) is 24.3. The molecule has 0 aliphatic heterocycles. The molecule has 0 aliphatic carbocycles. The summed E-state index contributed by atoms with van der Waals surface area (Å²) in [6, 6.07) is 10.9. The van der Waals surface area contributed by atoms with E-state index in [2.05, 4.69) is 20.6 Å². The molecule has 1 unspecified atom stereocenters. The number of H-pyrrole nitrogens is 1. The number of aromatic nitrogens is 4. The number of Topliss-reactive ketones (excluding diaryl/α,β-unsaturated/α-hetero) is 1. The molecule has 0 spiro atoms. The van der Waals surface area contributed by atoms with Gasteiger partial charge in [-0.3, -0.25) is 4.79 Å². The van der Waals surface area contributed by atoms with Gasteiger partial charge in [0.1, 0.15) is 17.2 Å². The summed E-state index contributed by atoms with van der Waals surface area (Å²) in [7, 11) is 0. The highest BCUT2D eigenvalue weighted by atomic mass is 16.5. The van der Waals surface area contributed by atoms with Gasteiger partial charge in [-0.2, -0.15) is 5.21 Å². The molecule has 0 bridgehead atoms. The maximum absolute atomic E-state index is 11.7. The van der Waals surface area contributed by atoms with Crippen LogP contribution in [0.1, 0.15) is 56.0 Å². The van der Waals surface area contributed by atoms with Crippen molar-refractivity contribution in [1.82, 2.24) is 20.6 Å². The van der Waals surface area contributed by atoms with Crippen molar-refractivity contribution in [3.8, 4) is 28.6 Å². The SMILES string of the molecule is CCCc1c(OCCCC(C)Oc2ccc(-c3nn[nH]n3)cc2)ccc(C(C)=O)c1O. The molecule has 3 rings (SSSR count). The summed E-state index contributed by atoms with van der Waals surface area (Å²) in [6.07, 6.45) is 3.13. The van der Waals surface area contributed by atoms with Gasteiger partial charge in [0.05, 0.1) is 18.3 Å². The van der Waals surface area contributed by atoms with E-state index in [-0.39, 0.29) is 17.6 Å². The molecule has 3 aromatic rings. The Morgan fingerprint density at radius 2 is 1.97 bits per heavy atom. The van der Waals surface area contributed by atoms with Crippen molar-refractivity contribution in [3.05, 3.63) is 47.5 Å². The Balaban J connectivity index is 1.49. The normalized spacial score (nSPS) is 11.8. The van der Waals surface area contributed by atoms with E-state index in [0.717, 1.165) is 30.6 Å². The van der Waals surface area contributed by atoms with E-state index in [0.29, 0.717) is 35.7 Å². The van der Waals surface area contributed by atoms with E-state index in [1.54, 1.807) is 12.1 Å². The van der Waals surface area contributed by atoms with Crippen LogP contribution in [0.4, 0.5) is 0 Å². The zero-order valence-corrected chi connectivity index (χ0v) is 18.1. The summed E-state index contributed by atoms with van der Waals surface area (Å²) < 4.78 is 11.9. The van der Waals surface area contributed by atoms with Gasteiger partial charge in [0.2, 0.25) is 5.82 Å². The fraction of sp³-hybridized carbons (Fsp3) is 0.391. The van der Waals surface area contributed by atoms with Crippen molar-refractivity contribution in [2.75, 3.05) is 6.61 Å². The number of carbonyl (C=O) groups excluding carboxylic acids is 1. The Morgan fingerprint density at radius 3 is 2.61 bits per heavy atom. The number of carbonyl (C=O) groups is 1. The van der Waals surface area contributed by atoms with Crippen LogP contribution in [0.15, 0.2) is 36.4 Å². The van der Waals surface area contributed by atoms with Crippen LogP contribution in [0.3, 0.4) is 0 Å². The van der Waals surface area contributed by atoms with Crippen molar-refractivity contribution < 1.29 is 19.4 Å². The maximum atomic E-state index is 11.7. The van der Waals surface area contributed by atoms with Crippen LogP contribution in [-0.4, -0.2) is 44.2 Å². The molecule has 0 radical (unpaired) electrons. The zero-order valence-electron chi connectivity index (χ0n) is 18.1. The first-order valence-electron chi connectivity index (χ1n) is 10.5. The van der Waals surface area contributed by atoms with Gasteiger partial charge in [0, 0.05) is 11.1 Å². The van der Waals surface area contributed by atoms with E-state index < -0.39 is 0 Å². The van der Waals surface area contributed by atoms with Gasteiger partial charge in [-0.15, -0.1) is 10.2 Å². The number of tetrazole rings is 1. The van der Waals surface area contributed by atoms with Crippen molar-refractivity contribution in [1.29, 1.82) is 0 Å². The monoisotopic (exact) mass is 424 g/mol. The molecule has 2 aromatic carbocycles. The quantitative estimate of drug-likeness (QED) is 0.348. The number of nitrogens with zero attached hydrogens (tertiary/aromatic N) is 3. The average molecular weight is 425 g/mol. The molecule has 164 valence electrons. The van der Waals surface area contributed by atoms with E-state index in [9.17, 15) is 9.90 Å². The predicted molar refractivity (Wildman–Crippen MR) is 117 cm³/mol. The average Bonchev–Trinajstić information content (AvgIpc) is 3.28. The minimum atomic E-state index is -0.155. The van der Waals surface area contributed by atoms with Crippen molar-refractivity contribution in [2.45, 2.75) is 52.6 Å². The Bertz CT molecular complexity index is 988. The van der Waals surface area contributed by atoms with Crippen LogP contribution >= 0.6 is 0 Å². The lowest BCUT2D eigenvalue weighted by Gasteiger charge is -2.17. The molecule has 0 aliphatic rings. The third-order valence-corrected chi connectivity index (χ3v) is 4.93. The topological polar surface area (TPSA) is 110 Å². The number of rotatable bonds is 11. The number of ketones is 1. The number of aromatic hydroxyl groups is 1. The molecule has 1 aromatic heterocycles. The zero-order chi connectivity index (χ0) is 22.2. The van der Waals surface area contributed by atoms with Gasteiger partial charge in [0.15, 0.2) is 5.78 Å². The number of benzene rings is 2. The Hall–Kier alpha value is -3.42.